The molecule has 1 atom stereocenters. The van der Waals surface area contributed by atoms with Crippen LogP contribution in [0, 0.1) is 6.92 Å². The summed E-state index contributed by atoms with van der Waals surface area (Å²) in [6, 6.07) is 5.57. The zero-order valence-electron chi connectivity index (χ0n) is 11.2. The summed E-state index contributed by atoms with van der Waals surface area (Å²) in [4.78, 5) is 12.1. The Morgan fingerprint density at radius 2 is 2.40 bits per heavy atom. The van der Waals surface area contributed by atoms with Crippen molar-refractivity contribution in [2.75, 3.05) is 11.9 Å². The van der Waals surface area contributed by atoms with Gasteiger partial charge in [0.25, 0.3) is 0 Å². The van der Waals surface area contributed by atoms with Crippen molar-refractivity contribution in [2.24, 2.45) is 0 Å². The van der Waals surface area contributed by atoms with Crippen LogP contribution in [-0.4, -0.2) is 28.7 Å². The number of nitrogens with zero attached hydrogens (tertiary/aromatic N) is 2. The molecule has 3 rings (SSSR count). The highest BCUT2D eigenvalue weighted by molar-refractivity contribution is 5.95. The average Bonchev–Trinajstić information content (AvgIpc) is 3.14. The van der Waals surface area contributed by atoms with Crippen molar-refractivity contribution in [3.8, 4) is 11.5 Å². The fraction of sp³-hybridized carbons (Fsp3) is 0.357. The first-order valence-corrected chi connectivity index (χ1v) is 6.65. The third-order valence-electron chi connectivity index (χ3n) is 3.47. The molecule has 0 radical (unpaired) electrons. The lowest BCUT2D eigenvalue weighted by molar-refractivity contribution is -0.117. The number of carbonyl (C=O) groups excluding carboxylic acids is 1. The van der Waals surface area contributed by atoms with E-state index in [2.05, 4.69) is 20.8 Å². The summed E-state index contributed by atoms with van der Waals surface area (Å²) < 4.78 is 5.16. The number of carbonyl (C=O) groups is 1. The fourth-order valence-corrected chi connectivity index (χ4v) is 2.36. The van der Waals surface area contributed by atoms with Crippen molar-refractivity contribution in [1.82, 2.24) is 15.5 Å². The molecule has 1 saturated heterocycles. The number of amides is 1. The number of nitrogens with one attached hydrogen (secondary N) is 2. The lowest BCUT2D eigenvalue weighted by Crippen LogP contribution is -2.35. The van der Waals surface area contributed by atoms with Gasteiger partial charge in [0.2, 0.25) is 18.2 Å². The van der Waals surface area contributed by atoms with Crippen molar-refractivity contribution in [3.05, 3.63) is 30.2 Å². The van der Waals surface area contributed by atoms with E-state index >= 15 is 0 Å². The molecule has 6 heteroatoms. The van der Waals surface area contributed by atoms with E-state index in [0.717, 1.165) is 36.2 Å². The summed E-state index contributed by atoms with van der Waals surface area (Å²) in [5.74, 6) is 0.500. The van der Waals surface area contributed by atoms with Crippen molar-refractivity contribution in [1.29, 1.82) is 0 Å². The Bertz CT molecular complexity index is 604. The second-order valence-corrected chi connectivity index (χ2v) is 4.91. The molecule has 2 aromatic rings. The number of aryl methyl sites for hydroxylation is 1. The minimum atomic E-state index is -0.0787. The van der Waals surface area contributed by atoms with Gasteiger partial charge in [-0.1, -0.05) is 0 Å². The van der Waals surface area contributed by atoms with Gasteiger partial charge >= 0.3 is 0 Å². The summed E-state index contributed by atoms with van der Waals surface area (Å²) in [5, 5.41) is 13.7. The minimum Gasteiger partial charge on any atom is -0.423 e. The molecular weight excluding hydrogens is 256 g/mol. The van der Waals surface area contributed by atoms with Gasteiger partial charge in [-0.05, 0) is 50.1 Å². The summed E-state index contributed by atoms with van der Waals surface area (Å²) in [6.45, 7) is 2.85. The normalized spacial score (nSPS) is 18.1. The van der Waals surface area contributed by atoms with Crippen molar-refractivity contribution < 1.29 is 9.21 Å². The van der Waals surface area contributed by atoms with Crippen molar-refractivity contribution in [2.45, 2.75) is 25.8 Å². The van der Waals surface area contributed by atoms with Crippen LogP contribution in [0.2, 0.25) is 0 Å². The highest BCUT2D eigenvalue weighted by Gasteiger charge is 2.22. The minimum absolute atomic E-state index is 0.0242. The summed E-state index contributed by atoms with van der Waals surface area (Å²) >= 11 is 0. The van der Waals surface area contributed by atoms with E-state index in [9.17, 15) is 4.79 Å². The predicted octanol–water partition coefficient (Wildman–Crippen LogP) is 1.74. The lowest BCUT2D eigenvalue weighted by atomic mass is 10.1. The molecule has 0 spiro atoms. The zero-order valence-corrected chi connectivity index (χ0v) is 11.2. The Morgan fingerprint density at radius 1 is 1.50 bits per heavy atom. The number of anilines is 1. The number of rotatable bonds is 3. The van der Waals surface area contributed by atoms with Gasteiger partial charge in [-0.3, -0.25) is 4.79 Å². The maximum atomic E-state index is 12.1. The van der Waals surface area contributed by atoms with E-state index < -0.39 is 0 Å². The van der Waals surface area contributed by atoms with Crippen LogP contribution in [0.15, 0.2) is 29.0 Å². The highest BCUT2D eigenvalue weighted by atomic mass is 16.4. The Balaban J connectivity index is 1.76. The van der Waals surface area contributed by atoms with Crippen molar-refractivity contribution in [3.63, 3.8) is 0 Å². The Morgan fingerprint density at radius 3 is 3.05 bits per heavy atom. The largest absolute Gasteiger partial charge is 0.423 e. The van der Waals surface area contributed by atoms with E-state index in [1.165, 1.54) is 6.39 Å². The smallest absolute Gasteiger partial charge is 0.247 e. The second-order valence-electron chi connectivity index (χ2n) is 4.91. The van der Waals surface area contributed by atoms with Gasteiger partial charge in [-0.2, -0.15) is 0 Å². The summed E-state index contributed by atoms with van der Waals surface area (Å²) in [5.41, 5.74) is 2.62. The van der Waals surface area contributed by atoms with Crippen LogP contribution in [0.3, 0.4) is 0 Å². The standard InChI is InChI=1S/C14H16N4O2/c1-9-7-10(14-18-16-8-20-14)4-5-11(9)17-13(19)12-3-2-6-15-12/h4-5,7-8,12,15H,2-3,6H2,1H3,(H,17,19)/t12-/m1/s1. The number of aromatic nitrogens is 2. The van der Waals surface area contributed by atoms with Gasteiger partial charge in [0.15, 0.2) is 0 Å². The van der Waals surface area contributed by atoms with Crippen LogP contribution < -0.4 is 10.6 Å². The molecule has 104 valence electrons. The first kappa shape index (κ1) is 12.8. The second kappa shape index (κ2) is 5.42. The quantitative estimate of drug-likeness (QED) is 0.889. The molecular formula is C14H16N4O2. The van der Waals surface area contributed by atoms with Gasteiger partial charge in [0, 0.05) is 11.3 Å². The third kappa shape index (κ3) is 2.55. The van der Waals surface area contributed by atoms with Crippen LogP contribution >= 0.6 is 0 Å². The van der Waals surface area contributed by atoms with E-state index in [4.69, 9.17) is 4.42 Å². The molecule has 6 nitrogen and oxygen atoms in total. The van der Waals surface area contributed by atoms with E-state index in [1.807, 2.05) is 25.1 Å². The fourth-order valence-electron chi connectivity index (χ4n) is 2.36. The molecule has 1 aliphatic heterocycles. The highest BCUT2D eigenvalue weighted by Crippen LogP contribution is 2.23. The van der Waals surface area contributed by atoms with Crippen molar-refractivity contribution >= 4 is 11.6 Å². The van der Waals surface area contributed by atoms with Gasteiger partial charge in [0.1, 0.15) is 0 Å². The lowest BCUT2D eigenvalue weighted by Gasteiger charge is -2.13. The summed E-state index contributed by atoms with van der Waals surface area (Å²) in [6.07, 6.45) is 3.24. The van der Waals surface area contributed by atoms with Gasteiger partial charge in [-0.25, -0.2) is 0 Å². The van der Waals surface area contributed by atoms with Crippen LogP contribution in [0.1, 0.15) is 18.4 Å². The molecule has 2 N–H and O–H groups in total. The topological polar surface area (TPSA) is 80.1 Å². The monoisotopic (exact) mass is 272 g/mol. The van der Waals surface area contributed by atoms with E-state index in [0.29, 0.717) is 5.89 Å². The van der Waals surface area contributed by atoms with Crippen LogP contribution in [0.5, 0.6) is 0 Å². The molecule has 1 amide bonds. The molecule has 1 aromatic carbocycles. The van der Waals surface area contributed by atoms with Gasteiger partial charge < -0.3 is 15.1 Å². The predicted molar refractivity (Wildman–Crippen MR) is 74.1 cm³/mol. The maximum absolute atomic E-state index is 12.1. The van der Waals surface area contributed by atoms with E-state index in [1.54, 1.807) is 0 Å². The Kier molecular flexibility index (Phi) is 3.47. The number of benzene rings is 1. The van der Waals surface area contributed by atoms with Gasteiger partial charge in [0.05, 0.1) is 6.04 Å². The molecule has 2 heterocycles. The first-order valence-electron chi connectivity index (χ1n) is 6.65. The maximum Gasteiger partial charge on any atom is 0.247 e. The zero-order chi connectivity index (χ0) is 13.9. The van der Waals surface area contributed by atoms with E-state index in [-0.39, 0.29) is 11.9 Å². The Labute approximate surface area is 116 Å². The molecule has 0 aliphatic carbocycles. The molecule has 0 saturated carbocycles. The molecule has 1 fully saturated rings. The first-order chi connectivity index (χ1) is 9.74. The van der Waals surface area contributed by atoms with Crippen LogP contribution in [0.4, 0.5) is 5.69 Å². The molecule has 1 aromatic heterocycles. The molecule has 0 unspecified atom stereocenters. The number of hydrogen-bond donors (Lipinski definition) is 2. The van der Waals surface area contributed by atoms with Gasteiger partial charge in [-0.15, -0.1) is 10.2 Å². The number of hydrogen-bond acceptors (Lipinski definition) is 5. The molecule has 0 bridgehead atoms. The van der Waals surface area contributed by atoms with Crippen LogP contribution in [-0.2, 0) is 4.79 Å². The molecule has 20 heavy (non-hydrogen) atoms. The average molecular weight is 272 g/mol. The van der Waals surface area contributed by atoms with Crippen LogP contribution in [0.25, 0.3) is 11.5 Å². The SMILES string of the molecule is Cc1cc(-c2nnco2)ccc1NC(=O)[C@H]1CCCN1. The third-order valence-corrected chi connectivity index (χ3v) is 3.47. The molecule has 1 aliphatic rings. The Hall–Kier alpha value is -2.21. The summed E-state index contributed by atoms with van der Waals surface area (Å²) in [7, 11) is 0.